The number of nitrogens with one attached hydrogen (secondary N) is 1. The summed E-state index contributed by atoms with van der Waals surface area (Å²) >= 11 is 7.66. The van der Waals surface area contributed by atoms with E-state index in [9.17, 15) is 9.59 Å². The summed E-state index contributed by atoms with van der Waals surface area (Å²) in [5, 5.41) is 5.19. The van der Waals surface area contributed by atoms with Gasteiger partial charge in [-0.3, -0.25) is 4.79 Å². The number of thiophene rings is 1. The Labute approximate surface area is 187 Å². The quantitative estimate of drug-likeness (QED) is 0.184. The fourth-order valence-corrected chi connectivity index (χ4v) is 4.35. The number of benzene rings is 3. The molecule has 1 N–H and O–H groups in total. The molecule has 0 fully saturated rings. The van der Waals surface area contributed by atoms with E-state index in [1.165, 1.54) is 17.6 Å². The van der Waals surface area contributed by atoms with Crippen LogP contribution >= 0.6 is 22.9 Å². The van der Waals surface area contributed by atoms with Crippen molar-refractivity contribution in [2.24, 2.45) is 5.10 Å². The van der Waals surface area contributed by atoms with Gasteiger partial charge in [-0.05, 0) is 23.8 Å². The SMILES string of the molecule is O=C(Cc1ccccc1)NN=Cc1ccccc1OC(=O)c1sc2ccccc2c1Cl. The first-order valence-corrected chi connectivity index (χ1v) is 10.7. The van der Waals surface area contributed by atoms with Gasteiger partial charge >= 0.3 is 5.97 Å². The predicted octanol–water partition coefficient (Wildman–Crippen LogP) is 5.47. The number of fused-ring (bicyclic) bond motifs is 1. The highest BCUT2D eigenvalue weighted by Crippen LogP contribution is 2.35. The third kappa shape index (κ3) is 4.99. The lowest BCUT2D eigenvalue weighted by Gasteiger charge is -2.06. The van der Waals surface area contributed by atoms with Crippen LogP contribution in [0.2, 0.25) is 5.02 Å². The maximum absolute atomic E-state index is 12.7. The van der Waals surface area contributed by atoms with Gasteiger partial charge in [0, 0.05) is 15.6 Å². The van der Waals surface area contributed by atoms with Gasteiger partial charge < -0.3 is 4.74 Å². The van der Waals surface area contributed by atoms with E-state index >= 15 is 0 Å². The molecule has 3 aromatic carbocycles. The van der Waals surface area contributed by atoms with Crippen molar-refractivity contribution in [3.8, 4) is 5.75 Å². The predicted molar refractivity (Wildman–Crippen MR) is 124 cm³/mol. The number of amides is 1. The maximum Gasteiger partial charge on any atom is 0.355 e. The lowest BCUT2D eigenvalue weighted by Crippen LogP contribution is -2.19. The second-order valence-corrected chi connectivity index (χ2v) is 8.05. The number of ether oxygens (including phenoxy) is 1. The van der Waals surface area contributed by atoms with Crippen molar-refractivity contribution >= 4 is 51.1 Å². The molecule has 0 aliphatic carbocycles. The van der Waals surface area contributed by atoms with Gasteiger partial charge in [0.25, 0.3) is 0 Å². The van der Waals surface area contributed by atoms with Crippen LogP contribution in [-0.4, -0.2) is 18.1 Å². The standard InChI is InChI=1S/C24H17ClN2O3S/c25-22-18-11-5-7-13-20(18)31-23(22)24(29)30-19-12-6-4-10-17(19)15-26-27-21(28)14-16-8-2-1-3-9-16/h1-13,15H,14H2,(H,27,28). The molecule has 1 aromatic heterocycles. The molecule has 0 bridgehead atoms. The molecule has 0 unspecified atom stereocenters. The molecule has 4 aromatic rings. The fourth-order valence-electron chi connectivity index (χ4n) is 2.97. The summed E-state index contributed by atoms with van der Waals surface area (Å²) in [5.74, 6) is -0.462. The molecule has 0 spiro atoms. The van der Waals surface area contributed by atoms with E-state index in [0.29, 0.717) is 21.2 Å². The molecule has 0 aliphatic rings. The van der Waals surface area contributed by atoms with Gasteiger partial charge in [0.2, 0.25) is 5.91 Å². The number of hydrazone groups is 1. The Balaban J connectivity index is 1.45. The van der Waals surface area contributed by atoms with Crippen LogP contribution in [0.1, 0.15) is 20.8 Å². The number of hydrogen-bond acceptors (Lipinski definition) is 5. The first-order chi connectivity index (χ1) is 15.1. The van der Waals surface area contributed by atoms with Gasteiger partial charge in [-0.25, -0.2) is 10.2 Å². The van der Waals surface area contributed by atoms with Crippen LogP contribution in [0.5, 0.6) is 5.75 Å². The average Bonchev–Trinajstić information content (AvgIpc) is 3.12. The minimum Gasteiger partial charge on any atom is -0.422 e. The molecule has 0 saturated heterocycles. The highest BCUT2D eigenvalue weighted by molar-refractivity contribution is 7.21. The van der Waals surface area contributed by atoms with E-state index in [1.807, 2.05) is 54.6 Å². The minimum absolute atomic E-state index is 0.221. The lowest BCUT2D eigenvalue weighted by molar-refractivity contribution is -0.120. The molecule has 31 heavy (non-hydrogen) atoms. The van der Waals surface area contributed by atoms with Gasteiger partial charge in [0.1, 0.15) is 10.6 Å². The van der Waals surface area contributed by atoms with Crippen molar-refractivity contribution in [3.05, 3.63) is 99.9 Å². The molecular weight excluding hydrogens is 432 g/mol. The number of nitrogens with zero attached hydrogens (tertiary/aromatic N) is 1. The molecule has 7 heteroatoms. The fraction of sp³-hybridized carbons (Fsp3) is 0.0417. The van der Waals surface area contributed by atoms with Gasteiger partial charge in [0.15, 0.2) is 0 Å². The second kappa shape index (κ2) is 9.55. The summed E-state index contributed by atoms with van der Waals surface area (Å²) in [5.41, 5.74) is 3.93. The zero-order valence-corrected chi connectivity index (χ0v) is 17.8. The molecule has 154 valence electrons. The highest BCUT2D eigenvalue weighted by Gasteiger charge is 2.19. The van der Waals surface area contributed by atoms with E-state index in [4.69, 9.17) is 16.3 Å². The number of carbonyl (C=O) groups is 2. The zero-order valence-electron chi connectivity index (χ0n) is 16.2. The van der Waals surface area contributed by atoms with Crippen molar-refractivity contribution in [1.29, 1.82) is 0 Å². The number of hydrogen-bond donors (Lipinski definition) is 1. The number of carbonyl (C=O) groups excluding carboxylic acids is 2. The van der Waals surface area contributed by atoms with Crippen molar-refractivity contribution < 1.29 is 14.3 Å². The number of para-hydroxylation sites is 1. The van der Waals surface area contributed by atoms with E-state index in [2.05, 4.69) is 10.5 Å². The first kappa shape index (κ1) is 20.8. The van der Waals surface area contributed by atoms with Crippen molar-refractivity contribution in [2.75, 3.05) is 0 Å². The summed E-state index contributed by atoms with van der Waals surface area (Å²) in [6.45, 7) is 0. The smallest absolute Gasteiger partial charge is 0.355 e. The summed E-state index contributed by atoms with van der Waals surface area (Å²) in [6, 6.07) is 23.9. The minimum atomic E-state index is -0.542. The molecule has 1 heterocycles. The molecule has 0 atom stereocenters. The Morgan fingerprint density at radius 2 is 1.68 bits per heavy atom. The molecule has 0 saturated carbocycles. The third-order valence-electron chi connectivity index (χ3n) is 4.44. The summed E-state index contributed by atoms with van der Waals surface area (Å²) in [6.07, 6.45) is 1.66. The summed E-state index contributed by atoms with van der Waals surface area (Å²) in [7, 11) is 0. The maximum atomic E-state index is 12.7. The third-order valence-corrected chi connectivity index (χ3v) is 6.10. The Bertz CT molecular complexity index is 1270. The van der Waals surface area contributed by atoms with Gasteiger partial charge in [-0.15, -0.1) is 11.3 Å². The van der Waals surface area contributed by atoms with Crippen LogP contribution in [0.25, 0.3) is 10.1 Å². The van der Waals surface area contributed by atoms with E-state index in [0.717, 1.165) is 15.6 Å². The van der Waals surface area contributed by atoms with E-state index < -0.39 is 5.97 Å². The Morgan fingerprint density at radius 3 is 2.48 bits per heavy atom. The zero-order chi connectivity index (χ0) is 21.6. The van der Waals surface area contributed by atoms with E-state index in [-0.39, 0.29) is 12.3 Å². The normalized spacial score (nSPS) is 11.0. The summed E-state index contributed by atoms with van der Waals surface area (Å²) < 4.78 is 6.49. The Kier molecular flexibility index (Phi) is 6.40. The number of rotatable bonds is 6. The van der Waals surface area contributed by atoms with Crippen molar-refractivity contribution in [2.45, 2.75) is 6.42 Å². The van der Waals surface area contributed by atoms with Gasteiger partial charge in [-0.1, -0.05) is 72.3 Å². The van der Waals surface area contributed by atoms with Crippen molar-refractivity contribution in [3.63, 3.8) is 0 Å². The molecule has 4 rings (SSSR count). The van der Waals surface area contributed by atoms with Gasteiger partial charge in [0.05, 0.1) is 17.7 Å². The van der Waals surface area contributed by atoms with E-state index in [1.54, 1.807) is 24.3 Å². The van der Waals surface area contributed by atoms with Gasteiger partial charge in [-0.2, -0.15) is 5.10 Å². The first-order valence-electron chi connectivity index (χ1n) is 9.46. The lowest BCUT2D eigenvalue weighted by atomic mass is 10.1. The van der Waals surface area contributed by atoms with Crippen LogP contribution in [0.15, 0.2) is 84.0 Å². The molecule has 5 nitrogen and oxygen atoms in total. The Morgan fingerprint density at radius 1 is 0.968 bits per heavy atom. The van der Waals surface area contributed by atoms with Crippen LogP contribution < -0.4 is 10.2 Å². The topological polar surface area (TPSA) is 67.8 Å². The average molecular weight is 449 g/mol. The van der Waals surface area contributed by atoms with Crippen LogP contribution in [0.3, 0.4) is 0 Å². The molecule has 0 radical (unpaired) electrons. The Hall–Kier alpha value is -3.48. The molecular formula is C24H17ClN2O3S. The second-order valence-electron chi connectivity index (χ2n) is 6.62. The monoisotopic (exact) mass is 448 g/mol. The largest absolute Gasteiger partial charge is 0.422 e. The van der Waals surface area contributed by atoms with Crippen LogP contribution in [0.4, 0.5) is 0 Å². The molecule has 0 aliphatic heterocycles. The number of halogens is 1. The summed E-state index contributed by atoms with van der Waals surface area (Å²) in [4.78, 5) is 25.1. The van der Waals surface area contributed by atoms with Crippen LogP contribution in [-0.2, 0) is 11.2 Å². The highest BCUT2D eigenvalue weighted by atomic mass is 35.5. The number of esters is 1. The van der Waals surface area contributed by atoms with Crippen molar-refractivity contribution in [1.82, 2.24) is 5.43 Å². The van der Waals surface area contributed by atoms with Crippen LogP contribution in [0, 0.1) is 0 Å². The molecule has 1 amide bonds.